The lowest BCUT2D eigenvalue weighted by Crippen LogP contribution is -2.34. The Morgan fingerprint density at radius 3 is 0.763 bits per heavy atom. The van der Waals surface area contributed by atoms with E-state index in [1.165, 1.54) is 128 Å². The first kappa shape index (κ1) is 56.8. The molecule has 0 aromatic heterocycles. The van der Waals surface area contributed by atoms with Crippen molar-refractivity contribution >= 4 is 23.9 Å². The highest BCUT2D eigenvalue weighted by atomic mass is 16.6. The van der Waals surface area contributed by atoms with Gasteiger partial charge in [0.2, 0.25) is 0 Å². The van der Waals surface area contributed by atoms with Gasteiger partial charge in [0.1, 0.15) is 13.2 Å². The van der Waals surface area contributed by atoms with Crippen LogP contribution in [0.25, 0.3) is 0 Å². The van der Waals surface area contributed by atoms with Gasteiger partial charge in [0, 0.05) is 25.7 Å². The molecule has 0 amide bonds. The summed E-state index contributed by atoms with van der Waals surface area (Å²) in [5, 5.41) is 0. The molecule has 0 aromatic carbocycles. The number of ether oxygens (including phenoxy) is 5. The Kier molecular flexibility index (Phi) is 43.7. The van der Waals surface area contributed by atoms with Gasteiger partial charge in [-0.15, -0.1) is 0 Å². The second-order valence-electron chi connectivity index (χ2n) is 17.0. The molecule has 0 aliphatic carbocycles. The quantitative estimate of drug-likeness (QED) is 0.0336. The van der Waals surface area contributed by atoms with Crippen LogP contribution >= 0.6 is 0 Å². The number of carbonyl (C=O) groups excluding carboxylic acids is 4. The van der Waals surface area contributed by atoms with Gasteiger partial charge in [-0.25, -0.2) is 0 Å². The van der Waals surface area contributed by atoms with Crippen molar-refractivity contribution in [3.8, 4) is 0 Å². The van der Waals surface area contributed by atoms with E-state index in [2.05, 4.69) is 27.7 Å². The fraction of sp³-hybridized carbons (Fsp3) is 0.920. The molecule has 348 valence electrons. The normalized spacial score (nSPS) is 12.3. The summed E-state index contributed by atoms with van der Waals surface area (Å²) in [6.07, 6.45) is 35.8. The Labute approximate surface area is 363 Å². The Morgan fingerprint density at radius 1 is 0.288 bits per heavy atom. The third-order valence-corrected chi connectivity index (χ3v) is 11.0. The van der Waals surface area contributed by atoms with E-state index < -0.39 is 12.2 Å². The molecule has 0 aromatic rings. The molecule has 2 unspecified atom stereocenters. The number of hydrogen-bond acceptors (Lipinski definition) is 9. The monoisotopic (exact) mass is 839 g/mol. The lowest BCUT2D eigenvalue weighted by molar-refractivity contribution is -0.169. The highest BCUT2D eigenvalue weighted by molar-refractivity contribution is 5.71. The highest BCUT2D eigenvalue weighted by Crippen LogP contribution is 2.15. The van der Waals surface area contributed by atoms with Crippen LogP contribution < -0.4 is 0 Å². The SMILES string of the molecule is CCCCCCCCCCC(=O)OCC(COCC(COC(=O)CCCCCCCCCC)OC(=O)CCCCCCCCCC)OC(=O)CCCCCCCCCC. The first-order valence-electron chi connectivity index (χ1n) is 25.1. The first-order valence-corrected chi connectivity index (χ1v) is 25.1. The number of unbranched alkanes of at least 4 members (excludes halogenated alkanes) is 28. The van der Waals surface area contributed by atoms with Crippen LogP contribution in [0.3, 0.4) is 0 Å². The second kappa shape index (κ2) is 45.4. The number of carbonyl (C=O) groups is 4. The van der Waals surface area contributed by atoms with Crippen molar-refractivity contribution in [3.05, 3.63) is 0 Å². The Hall–Kier alpha value is -2.16. The first-order chi connectivity index (χ1) is 28.9. The fourth-order valence-corrected chi connectivity index (χ4v) is 7.18. The van der Waals surface area contributed by atoms with Crippen LogP contribution in [-0.2, 0) is 42.9 Å². The molecule has 9 heteroatoms. The van der Waals surface area contributed by atoms with Crippen molar-refractivity contribution in [1.82, 2.24) is 0 Å². The van der Waals surface area contributed by atoms with Crippen LogP contribution in [0.5, 0.6) is 0 Å². The molecular formula is C50H94O9. The molecule has 0 spiro atoms. The Bertz CT molecular complexity index is 881. The lowest BCUT2D eigenvalue weighted by Gasteiger charge is -2.21. The van der Waals surface area contributed by atoms with E-state index in [4.69, 9.17) is 23.7 Å². The highest BCUT2D eigenvalue weighted by Gasteiger charge is 2.22. The van der Waals surface area contributed by atoms with E-state index in [0.29, 0.717) is 25.7 Å². The van der Waals surface area contributed by atoms with Crippen molar-refractivity contribution in [2.75, 3.05) is 26.4 Å². The predicted octanol–water partition coefficient (Wildman–Crippen LogP) is 14.0. The molecule has 2 atom stereocenters. The van der Waals surface area contributed by atoms with Crippen molar-refractivity contribution in [2.24, 2.45) is 0 Å². The number of rotatable bonds is 46. The van der Waals surface area contributed by atoms with Crippen molar-refractivity contribution in [3.63, 3.8) is 0 Å². The summed E-state index contributed by atoms with van der Waals surface area (Å²) < 4.78 is 28.7. The largest absolute Gasteiger partial charge is 0.462 e. The minimum absolute atomic E-state index is 0.0352. The number of esters is 4. The summed E-state index contributed by atoms with van der Waals surface area (Å²) >= 11 is 0. The standard InChI is InChI=1S/C50H94O9/c1-5-9-13-17-21-25-29-33-37-47(51)56-43-45(58-49(53)39-35-31-27-23-19-15-11-7-3)41-55-42-46(59-50(54)40-36-32-28-24-20-16-12-8-4)44-57-48(52)38-34-30-26-22-18-14-10-6-2/h45-46H,5-44H2,1-4H3. The van der Waals surface area contributed by atoms with Gasteiger partial charge in [0.05, 0.1) is 13.2 Å². The third kappa shape index (κ3) is 42.3. The molecule has 0 saturated heterocycles. The Morgan fingerprint density at radius 2 is 0.508 bits per heavy atom. The summed E-state index contributed by atoms with van der Waals surface area (Å²) in [7, 11) is 0. The number of hydrogen-bond donors (Lipinski definition) is 0. The Balaban J connectivity index is 5.14. The minimum atomic E-state index is -0.794. The van der Waals surface area contributed by atoms with Gasteiger partial charge in [0.25, 0.3) is 0 Å². The molecule has 0 bridgehead atoms. The smallest absolute Gasteiger partial charge is 0.306 e. The summed E-state index contributed by atoms with van der Waals surface area (Å²) in [4.78, 5) is 51.0. The van der Waals surface area contributed by atoms with Crippen LogP contribution in [0.4, 0.5) is 0 Å². The van der Waals surface area contributed by atoms with Crippen molar-refractivity contribution < 1.29 is 42.9 Å². The third-order valence-electron chi connectivity index (χ3n) is 11.0. The maximum Gasteiger partial charge on any atom is 0.306 e. The topological polar surface area (TPSA) is 114 Å². The molecule has 0 aliphatic rings. The molecule has 0 aliphatic heterocycles. The molecule has 0 heterocycles. The van der Waals surface area contributed by atoms with E-state index in [-0.39, 0.29) is 50.3 Å². The van der Waals surface area contributed by atoms with Gasteiger partial charge in [0.15, 0.2) is 12.2 Å². The van der Waals surface area contributed by atoms with Gasteiger partial charge < -0.3 is 23.7 Å². The van der Waals surface area contributed by atoms with Crippen molar-refractivity contribution in [2.45, 2.75) is 271 Å². The zero-order valence-electron chi connectivity index (χ0n) is 39.1. The predicted molar refractivity (Wildman–Crippen MR) is 241 cm³/mol. The fourth-order valence-electron chi connectivity index (χ4n) is 7.18. The van der Waals surface area contributed by atoms with Gasteiger partial charge in [-0.2, -0.15) is 0 Å². The summed E-state index contributed by atoms with van der Waals surface area (Å²) in [5.74, 6) is -1.30. The summed E-state index contributed by atoms with van der Waals surface area (Å²) in [6, 6.07) is 0. The molecule has 0 rings (SSSR count). The minimum Gasteiger partial charge on any atom is -0.462 e. The van der Waals surface area contributed by atoms with Crippen LogP contribution in [0.15, 0.2) is 0 Å². The van der Waals surface area contributed by atoms with Crippen LogP contribution in [-0.4, -0.2) is 62.5 Å². The molecule has 0 N–H and O–H groups in total. The van der Waals surface area contributed by atoms with E-state index in [1.54, 1.807) is 0 Å². The van der Waals surface area contributed by atoms with Gasteiger partial charge in [-0.3, -0.25) is 19.2 Å². The van der Waals surface area contributed by atoms with Crippen molar-refractivity contribution in [1.29, 1.82) is 0 Å². The molecule has 0 radical (unpaired) electrons. The van der Waals surface area contributed by atoms with Crippen LogP contribution in [0.2, 0.25) is 0 Å². The van der Waals surface area contributed by atoms with Gasteiger partial charge in [-0.05, 0) is 25.7 Å². The molecular weight excluding hydrogens is 745 g/mol. The zero-order chi connectivity index (χ0) is 43.3. The maximum atomic E-state index is 12.9. The molecule has 59 heavy (non-hydrogen) atoms. The maximum absolute atomic E-state index is 12.9. The lowest BCUT2D eigenvalue weighted by atomic mass is 10.1. The summed E-state index contributed by atoms with van der Waals surface area (Å²) in [5.41, 5.74) is 0. The van der Waals surface area contributed by atoms with E-state index >= 15 is 0 Å². The van der Waals surface area contributed by atoms with E-state index in [1.807, 2.05) is 0 Å². The zero-order valence-corrected chi connectivity index (χ0v) is 39.1. The van der Waals surface area contributed by atoms with Crippen LogP contribution in [0, 0.1) is 0 Å². The van der Waals surface area contributed by atoms with Gasteiger partial charge >= 0.3 is 23.9 Å². The molecule has 0 fully saturated rings. The van der Waals surface area contributed by atoms with E-state index in [0.717, 1.165) is 77.0 Å². The molecule has 9 nitrogen and oxygen atoms in total. The second-order valence-corrected chi connectivity index (χ2v) is 17.0. The average Bonchev–Trinajstić information content (AvgIpc) is 3.22. The average molecular weight is 839 g/mol. The summed E-state index contributed by atoms with van der Waals surface area (Å²) in [6.45, 7) is 8.58. The molecule has 0 saturated carbocycles. The van der Waals surface area contributed by atoms with Crippen LogP contribution in [0.1, 0.15) is 259 Å². The van der Waals surface area contributed by atoms with Gasteiger partial charge in [-0.1, -0.05) is 207 Å². The van der Waals surface area contributed by atoms with E-state index in [9.17, 15) is 19.2 Å².